The summed E-state index contributed by atoms with van der Waals surface area (Å²) in [6.07, 6.45) is 0. The normalized spacial score (nSPS) is 12.0. The van der Waals surface area contributed by atoms with Gasteiger partial charge < -0.3 is 19.2 Å². The Morgan fingerprint density at radius 3 is 1.33 bits per heavy atom. The van der Waals surface area contributed by atoms with Crippen molar-refractivity contribution in [3.05, 3.63) is 0 Å². The number of hydrogen-bond acceptors (Lipinski definition) is 2. The molecular weight excluding hydrogens is 198 g/mol. The first-order valence-electron chi connectivity index (χ1n) is 5.08. The van der Waals surface area contributed by atoms with E-state index in [1.807, 2.05) is 0 Å². The van der Waals surface area contributed by atoms with Crippen LogP contribution >= 0.6 is 0 Å². The molecule has 0 heterocycles. The molecule has 0 aromatic heterocycles. The number of alkyl halides is 1. The zero-order chi connectivity index (χ0) is 12.5. The zero-order valence-corrected chi connectivity index (χ0v) is 10.7. The molecule has 0 aliphatic rings. The Bertz CT molecular complexity index is 147. The van der Waals surface area contributed by atoms with E-state index in [-0.39, 0.29) is 17.7 Å². The summed E-state index contributed by atoms with van der Waals surface area (Å²) >= 11 is 0. The van der Waals surface area contributed by atoms with Gasteiger partial charge in [-0.1, -0.05) is 0 Å². The Kier molecular flexibility index (Phi) is 9.14. The average Bonchev–Trinajstić information content (AvgIpc) is 2.03. The fraction of sp³-hybridized carbons (Fsp3) is 1.00. The highest BCUT2D eigenvalue weighted by atomic mass is 18.2. The number of quaternary nitrogens is 2. The maximum absolute atomic E-state index is 11.8. The lowest BCUT2D eigenvalue weighted by Gasteiger charge is -2.24. The number of aliphatic hydroxyl groups excluding tert-OH is 2. The topological polar surface area (TPSA) is 40.5 Å². The van der Waals surface area contributed by atoms with Crippen LogP contribution in [0, 0.1) is 0 Å². The van der Waals surface area contributed by atoms with E-state index in [2.05, 4.69) is 21.1 Å². The van der Waals surface area contributed by atoms with Gasteiger partial charge in [0.1, 0.15) is 13.1 Å². The molecule has 94 valence electrons. The molecule has 5 heteroatoms. The molecule has 0 aliphatic carbocycles. The van der Waals surface area contributed by atoms with Crippen LogP contribution in [0.15, 0.2) is 0 Å². The van der Waals surface area contributed by atoms with Crippen molar-refractivity contribution in [1.82, 2.24) is 0 Å². The summed E-state index contributed by atoms with van der Waals surface area (Å²) in [5.74, 6) is 0. The van der Waals surface area contributed by atoms with Crippen LogP contribution in [0.25, 0.3) is 0 Å². The van der Waals surface area contributed by atoms with Crippen LogP contribution < -0.4 is 0 Å². The summed E-state index contributed by atoms with van der Waals surface area (Å²) < 4.78 is 12.9. The SMILES string of the molecule is C[N+](C)(C)CCO.C[N+](C)(C[18F])CCO. The number of nitrogens with zero attached hydrogens (tertiary/aromatic N) is 2. The van der Waals surface area contributed by atoms with Gasteiger partial charge in [0.25, 0.3) is 0 Å². The highest BCUT2D eigenvalue weighted by Gasteiger charge is 2.11. The van der Waals surface area contributed by atoms with Crippen LogP contribution in [-0.2, 0) is 0 Å². The number of halogens is 1. The van der Waals surface area contributed by atoms with Gasteiger partial charge in [-0.05, 0) is 0 Å². The van der Waals surface area contributed by atoms with Crippen molar-refractivity contribution in [3.63, 3.8) is 0 Å². The molecule has 4 nitrogen and oxygen atoms in total. The zero-order valence-electron chi connectivity index (χ0n) is 10.7. The molecule has 0 rings (SSSR count). The van der Waals surface area contributed by atoms with E-state index in [0.717, 1.165) is 11.0 Å². The molecule has 2 N–H and O–H groups in total. The standard InChI is InChI=1S/C5H13FNO.C5H14NO/c1-7(2,5-6)3-4-8;1-6(2,3)4-5-7/h8H,3-5H2,1-2H3;7H,4-5H2,1-3H3/q2*+1/i6-1;. The van der Waals surface area contributed by atoms with Crippen molar-refractivity contribution in [2.45, 2.75) is 0 Å². The van der Waals surface area contributed by atoms with Gasteiger partial charge in [-0.25, -0.2) is 0 Å². The number of hydrogen-bond donors (Lipinski definition) is 2. The molecule has 0 aromatic carbocycles. The second-order valence-electron chi connectivity index (χ2n) is 5.24. The first-order valence-corrected chi connectivity index (χ1v) is 5.08. The Morgan fingerprint density at radius 2 is 1.27 bits per heavy atom. The van der Waals surface area contributed by atoms with Gasteiger partial charge in [0.05, 0.1) is 48.5 Å². The molecule has 15 heavy (non-hydrogen) atoms. The lowest BCUT2D eigenvalue weighted by Crippen LogP contribution is -2.40. The largest absolute Gasteiger partial charge is 0.391 e. The third-order valence-corrected chi connectivity index (χ3v) is 1.80. The summed E-state index contributed by atoms with van der Waals surface area (Å²) in [7, 11) is 9.62. The predicted octanol–water partition coefficient (Wildman–Crippen LogP) is -0.333. The molecule has 0 bridgehead atoms. The van der Waals surface area contributed by atoms with Gasteiger partial charge >= 0.3 is 0 Å². The summed E-state index contributed by atoms with van der Waals surface area (Å²) in [5, 5.41) is 16.7. The lowest BCUT2D eigenvalue weighted by molar-refractivity contribution is -0.903. The Hall–Kier alpha value is -0.230. The monoisotopic (exact) mass is 225 g/mol. The summed E-state index contributed by atoms with van der Waals surface area (Å²) in [6, 6.07) is 0. The van der Waals surface area contributed by atoms with Gasteiger partial charge in [-0.15, -0.1) is 0 Å². The predicted molar refractivity (Wildman–Crippen MR) is 60.0 cm³/mol. The molecule has 0 aromatic rings. The number of rotatable bonds is 5. The Morgan fingerprint density at radius 1 is 0.867 bits per heavy atom. The lowest BCUT2D eigenvalue weighted by atomic mass is 10.5. The van der Waals surface area contributed by atoms with Gasteiger partial charge in [0, 0.05) is 0 Å². The number of likely N-dealkylation sites (N-methyl/N-ethyl adjacent to an activating group) is 2. The molecule has 0 aliphatic heterocycles. The molecule has 0 saturated carbocycles. The van der Waals surface area contributed by atoms with Crippen molar-refractivity contribution in [3.8, 4) is 0 Å². The van der Waals surface area contributed by atoms with E-state index in [9.17, 15) is 4.39 Å². The van der Waals surface area contributed by atoms with Crippen LogP contribution in [0.3, 0.4) is 0 Å². The van der Waals surface area contributed by atoms with Crippen LogP contribution in [0.1, 0.15) is 0 Å². The first kappa shape index (κ1) is 17.2. The quantitative estimate of drug-likeness (QED) is 0.497. The van der Waals surface area contributed by atoms with E-state index in [1.165, 1.54) is 0 Å². The smallest absolute Gasteiger partial charge is 0.221 e. The Labute approximate surface area is 92.7 Å². The molecule has 0 radical (unpaired) electrons. The van der Waals surface area contributed by atoms with Crippen LogP contribution in [0.5, 0.6) is 0 Å². The third-order valence-electron chi connectivity index (χ3n) is 1.80. The van der Waals surface area contributed by atoms with E-state index >= 15 is 0 Å². The molecule has 0 spiro atoms. The maximum Gasteiger partial charge on any atom is 0.221 e. The fourth-order valence-corrected chi connectivity index (χ4v) is 0.630. The van der Waals surface area contributed by atoms with Crippen molar-refractivity contribution >= 4 is 0 Å². The maximum atomic E-state index is 11.8. The molecule has 0 amide bonds. The molecule has 0 fully saturated rings. The van der Waals surface area contributed by atoms with Crippen molar-refractivity contribution in [2.24, 2.45) is 0 Å². The van der Waals surface area contributed by atoms with Crippen LogP contribution in [-0.4, -0.2) is 87.5 Å². The summed E-state index contributed by atoms with van der Waals surface area (Å²) in [5.41, 5.74) is 0. The van der Waals surface area contributed by atoms with Crippen LogP contribution in [0.2, 0.25) is 0 Å². The second kappa shape index (κ2) is 7.98. The average molecular weight is 225 g/mol. The van der Waals surface area contributed by atoms with E-state index in [4.69, 9.17) is 10.2 Å². The minimum absolute atomic E-state index is 0.0525. The highest BCUT2D eigenvalue weighted by Crippen LogP contribution is 1.93. The minimum Gasteiger partial charge on any atom is -0.391 e. The highest BCUT2D eigenvalue weighted by molar-refractivity contribution is 4.21. The fourth-order valence-electron chi connectivity index (χ4n) is 0.630. The van der Waals surface area contributed by atoms with E-state index in [0.29, 0.717) is 6.54 Å². The summed E-state index contributed by atoms with van der Waals surface area (Å²) in [4.78, 5) is 0. The molecule has 0 atom stereocenters. The van der Waals surface area contributed by atoms with Gasteiger partial charge in [0.15, 0.2) is 0 Å². The number of aliphatic hydroxyl groups is 2. The van der Waals surface area contributed by atoms with Gasteiger partial charge in [-0.3, -0.25) is 0 Å². The van der Waals surface area contributed by atoms with Crippen molar-refractivity contribution in [1.29, 1.82) is 0 Å². The molecule has 0 saturated heterocycles. The Balaban J connectivity index is 0. The van der Waals surface area contributed by atoms with Crippen LogP contribution in [0.4, 0.5) is 4.39 Å². The van der Waals surface area contributed by atoms with Crippen molar-refractivity contribution in [2.75, 3.05) is 68.3 Å². The third kappa shape index (κ3) is 16.4. The van der Waals surface area contributed by atoms with E-state index < -0.39 is 6.80 Å². The second-order valence-corrected chi connectivity index (χ2v) is 5.24. The minimum atomic E-state index is -0.416. The summed E-state index contributed by atoms with van der Waals surface area (Å²) in [6.45, 7) is 1.23. The molecule has 0 unspecified atom stereocenters. The first-order chi connectivity index (χ1) is 6.68. The molecular formula is C10H27FN2O2+2. The van der Waals surface area contributed by atoms with E-state index in [1.54, 1.807) is 14.1 Å². The van der Waals surface area contributed by atoms with Gasteiger partial charge in [0.2, 0.25) is 6.80 Å². The van der Waals surface area contributed by atoms with Crippen molar-refractivity contribution < 1.29 is 23.6 Å². The van der Waals surface area contributed by atoms with Gasteiger partial charge in [-0.2, -0.15) is 4.39 Å².